The number of hydrogen-bond acceptors (Lipinski definition) is 5. The summed E-state index contributed by atoms with van der Waals surface area (Å²) in [6.45, 7) is 1.27. The molecule has 0 aliphatic rings. The third-order valence-electron chi connectivity index (χ3n) is 3.29. The zero-order valence-electron chi connectivity index (χ0n) is 12.3. The summed E-state index contributed by atoms with van der Waals surface area (Å²) in [5.41, 5.74) is 0.563. The van der Waals surface area contributed by atoms with Crippen LogP contribution < -0.4 is 10.2 Å². The molecule has 0 spiro atoms. The number of rotatable bonds is 2. The summed E-state index contributed by atoms with van der Waals surface area (Å²) in [4.78, 5) is 23.8. The Morgan fingerprint density at radius 3 is 2.46 bits per heavy atom. The summed E-state index contributed by atoms with van der Waals surface area (Å²) in [6.07, 6.45) is 0. The molecule has 0 saturated heterocycles. The van der Waals surface area contributed by atoms with E-state index in [9.17, 15) is 14.7 Å². The van der Waals surface area contributed by atoms with Crippen LogP contribution in [0, 0.1) is 7.14 Å². The lowest BCUT2D eigenvalue weighted by atomic mass is 10.1. The number of fused-ring (bicyclic) bond motifs is 1. The van der Waals surface area contributed by atoms with Gasteiger partial charge in [-0.15, -0.1) is 0 Å². The Labute approximate surface area is 163 Å². The van der Waals surface area contributed by atoms with Crippen LogP contribution in [0.3, 0.4) is 0 Å². The molecule has 1 N–H and O–H groups in total. The van der Waals surface area contributed by atoms with Crippen LogP contribution in [0.5, 0.6) is 11.5 Å². The van der Waals surface area contributed by atoms with Crippen LogP contribution >= 0.6 is 45.2 Å². The third kappa shape index (κ3) is 3.02. The van der Waals surface area contributed by atoms with Gasteiger partial charge in [0.15, 0.2) is 16.8 Å². The Bertz CT molecular complexity index is 1010. The van der Waals surface area contributed by atoms with E-state index in [1.807, 2.05) is 75.5 Å². The van der Waals surface area contributed by atoms with Crippen molar-refractivity contribution in [2.45, 2.75) is 6.92 Å². The van der Waals surface area contributed by atoms with E-state index in [1.54, 1.807) is 0 Å². The molecule has 24 heavy (non-hydrogen) atoms. The van der Waals surface area contributed by atoms with Crippen LogP contribution in [0.25, 0.3) is 22.3 Å². The molecule has 0 saturated carbocycles. The van der Waals surface area contributed by atoms with Gasteiger partial charge in [0.2, 0.25) is 0 Å². The first-order valence-corrected chi connectivity index (χ1v) is 8.97. The van der Waals surface area contributed by atoms with Crippen LogP contribution in [0.15, 0.2) is 45.6 Å². The van der Waals surface area contributed by atoms with Gasteiger partial charge in [0, 0.05) is 18.6 Å². The Kier molecular flexibility index (Phi) is 4.81. The molecule has 0 fully saturated rings. The molecule has 0 aliphatic heterocycles. The van der Waals surface area contributed by atoms with Crippen molar-refractivity contribution in [1.29, 1.82) is 0 Å². The summed E-state index contributed by atoms with van der Waals surface area (Å²) < 4.78 is 11.8. The number of aromatic hydroxyl groups is 1. The number of carbonyl (C=O) groups excluding carboxylic acids is 1. The third-order valence-corrected chi connectivity index (χ3v) is 5.28. The average Bonchev–Trinajstić information content (AvgIpc) is 2.56. The fourth-order valence-electron chi connectivity index (χ4n) is 2.27. The summed E-state index contributed by atoms with van der Waals surface area (Å²) in [6, 6.07) is 10.5. The van der Waals surface area contributed by atoms with Crippen molar-refractivity contribution in [3.05, 3.63) is 53.8 Å². The zero-order valence-corrected chi connectivity index (χ0v) is 16.6. The lowest BCUT2D eigenvalue weighted by Crippen LogP contribution is -2.08. The highest BCUT2D eigenvalue weighted by molar-refractivity contribution is 14.1. The fraction of sp³-hybridized carbons (Fsp3) is 0.0588. The van der Waals surface area contributed by atoms with Crippen molar-refractivity contribution in [3.8, 4) is 22.8 Å². The maximum absolute atomic E-state index is 12.5. The highest BCUT2D eigenvalue weighted by Crippen LogP contribution is 2.41. The number of phenolic OH excluding ortho intramolecular Hbond substituents is 1. The van der Waals surface area contributed by atoms with Gasteiger partial charge in [0.25, 0.3) is 0 Å². The zero-order chi connectivity index (χ0) is 17.4. The lowest BCUT2D eigenvalue weighted by molar-refractivity contribution is -0.131. The number of hydrogen-bond donors (Lipinski definition) is 1. The molecule has 1 aromatic heterocycles. The van der Waals surface area contributed by atoms with E-state index in [0.717, 1.165) is 5.56 Å². The fourth-order valence-corrected chi connectivity index (χ4v) is 4.19. The molecule has 0 atom stereocenters. The summed E-state index contributed by atoms with van der Waals surface area (Å²) in [5.74, 6) is -0.218. The summed E-state index contributed by atoms with van der Waals surface area (Å²) in [5, 5.41) is 10.4. The van der Waals surface area contributed by atoms with E-state index in [4.69, 9.17) is 9.15 Å². The first-order chi connectivity index (χ1) is 11.4. The van der Waals surface area contributed by atoms with Crippen molar-refractivity contribution >= 4 is 62.1 Å². The predicted octanol–water partition coefficient (Wildman–Crippen LogP) is 4.30. The monoisotopic (exact) mass is 548 g/mol. The quantitative estimate of drug-likeness (QED) is 0.294. The van der Waals surface area contributed by atoms with Crippen molar-refractivity contribution in [2.75, 3.05) is 0 Å². The maximum Gasteiger partial charge on any atom is 0.308 e. The number of phenols is 1. The van der Waals surface area contributed by atoms with Gasteiger partial charge in [0.05, 0.1) is 3.57 Å². The number of ether oxygens (including phenoxy) is 1. The predicted molar refractivity (Wildman–Crippen MR) is 106 cm³/mol. The molecule has 0 amide bonds. The van der Waals surface area contributed by atoms with Gasteiger partial charge < -0.3 is 14.3 Å². The van der Waals surface area contributed by atoms with Crippen molar-refractivity contribution in [2.24, 2.45) is 0 Å². The summed E-state index contributed by atoms with van der Waals surface area (Å²) in [7, 11) is 0. The Balaban J connectivity index is 2.38. The molecular formula is C17H10I2O5. The second-order valence-electron chi connectivity index (χ2n) is 4.94. The molecule has 0 aliphatic carbocycles. The van der Waals surface area contributed by atoms with Crippen LogP contribution in [0.2, 0.25) is 0 Å². The van der Waals surface area contributed by atoms with Crippen LogP contribution in [-0.4, -0.2) is 11.1 Å². The minimum absolute atomic E-state index is 0.0689. The first kappa shape index (κ1) is 17.2. The van der Waals surface area contributed by atoms with Crippen LogP contribution in [0.1, 0.15) is 6.92 Å². The Morgan fingerprint density at radius 2 is 1.83 bits per heavy atom. The molecule has 0 unspecified atom stereocenters. The van der Waals surface area contributed by atoms with Crippen molar-refractivity contribution < 1.29 is 19.1 Å². The van der Waals surface area contributed by atoms with E-state index in [2.05, 4.69) is 0 Å². The number of esters is 1. The van der Waals surface area contributed by atoms with Gasteiger partial charge in [-0.05, 0) is 45.2 Å². The van der Waals surface area contributed by atoms with Gasteiger partial charge in [-0.25, -0.2) is 0 Å². The average molecular weight is 548 g/mol. The topological polar surface area (TPSA) is 76.7 Å². The molecule has 0 bridgehead atoms. The van der Waals surface area contributed by atoms with Gasteiger partial charge in [-0.2, -0.15) is 0 Å². The van der Waals surface area contributed by atoms with E-state index < -0.39 is 5.97 Å². The Hall–Kier alpha value is -1.62. The molecule has 122 valence electrons. The van der Waals surface area contributed by atoms with Crippen LogP contribution in [-0.2, 0) is 4.79 Å². The number of halogens is 2. The van der Waals surface area contributed by atoms with Gasteiger partial charge >= 0.3 is 5.97 Å². The van der Waals surface area contributed by atoms with Crippen molar-refractivity contribution in [3.63, 3.8) is 0 Å². The largest absolute Gasteiger partial charge is 0.506 e. The van der Waals surface area contributed by atoms with Gasteiger partial charge in [0.1, 0.15) is 20.5 Å². The highest BCUT2D eigenvalue weighted by Gasteiger charge is 2.23. The normalized spacial score (nSPS) is 10.8. The van der Waals surface area contributed by atoms with E-state index >= 15 is 0 Å². The second-order valence-corrected chi connectivity index (χ2v) is 7.10. The Morgan fingerprint density at radius 1 is 1.17 bits per heavy atom. The molecule has 7 heteroatoms. The SMILES string of the molecule is CC(=O)Oc1c(I)c(O)c2c(=O)cc(-c3ccccc3)oc2c1I. The molecule has 3 aromatic rings. The molecule has 3 rings (SSSR count). The standard InChI is InChI=1S/C17H10I2O5/c1-8(20)23-17-13(18)15(22)12-10(21)7-11(24-16(12)14(17)19)9-5-3-2-4-6-9/h2-7,22H,1H3. The lowest BCUT2D eigenvalue weighted by Gasteiger charge is -2.12. The minimum Gasteiger partial charge on any atom is -0.506 e. The molecule has 2 aromatic carbocycles. The van der Waals surface area contributed by atoms with E-state index in [0.29, 0.717) is 12.9 Å². The smallest absolute Gasteiger partial charge is 0.308 e. The minimum atomic E-state index is -0.522. The molecular weight excluding hydrogens is 538 g/mol. The van der Waals surface area contributed by atoms with Gasteiger partial charge in [-0.1, -0.05) is 30.3 Å². The number of carbonyl (C=O) groups is 1. The first-order valence-electron chi connectivity index (χ1n) is 6.81. The van der Waals surface area contributed by atoms with E-state index in [1.165, 1.54) is 13.0 Å². The highest BCUT2D eigenvalue weighted by atomic mass is 127. The van der Waals surface area contributed by atoms with E-state index in [-0.39, 0.29) is 27.9 Å². The maximum atomic E-state index is 12.5. The second kappa shape index (κ2) is 6.71. The number of benzene rings is 2. The molecule has 0 radical (unpaired) electrons. The molecule has 5 nitrogen and oxygen atoms in total. The van der Waals surface area contributed by atoms with Gasteiger partial charge in [-0.3, -0.25) is 9.59 Å². The van der Waals surface area contributed by atoms with Crippen LogP contribution in [0.4, 0.5) is 0 Å². The summed E-state index contributed by atoms with van der Waals surface area (Å²) >= 11 is 3.78. The van der Waals surface area contributed by atoms with Crippen molar-refractivity contribution in [1.82, 2.24) is 0 Å². The molecule has 1 heterocycles.